The van der Waals surface area contributed by atoms with E-state index in [0.717, 1.165) is 12.5 Å². The Kier molecular flexibility index (Phi) is 3.26. The average Bonchev–Trinajstić information content (AvgIpc) is 2.52. The molecule has 0 aromatic heterocycles. The summed E-state index contributed by atoms with van der Waals surface area (Å²) in [4.78, 5) is 0. The van der Waals surface area contributed by atoms with Gasteiger partial charge in [0, 0.05) is 5.75 Å². The first-order chi connectivity index (χ1) is 5.25. The van der Waals surface area contributed by atoms with Crippen LogP contribution in [0.1, 0.15) is 26.7 Å². The van der Waals surface area contributed by atoms with Crippen molar-refractivity contribution in [3.8, 4) is 0 Å². The molecular weight excluding hydrogens is 154 g/mol. The summed E-state index contributed by atoms with van der Waals surface area (Å²) in [6, 6.07) is 0. The molecule has 66 valence electrons. The van der Waals surface area contributed by atoms with Gasteiger partial charge in [0.15, 0.2) is 0 Å². The maximum atomic E-state index is 5.83. The summed E-state index contributed by atoms with van der Waals surface area (Å²) >= 11 is 2.07. The largest absolute Gasteiger partial charge is 0.330 e. The predicted octanol–water partition coefficient (Wildman–Crippen LogP) is 2.11. The number of hydrogen-bond acceptors (Lipinski definition) is 2. The molecule has 2 atom stereocenters. The van der Waals surface area contributed by atoms with Gasteiger partial charge in [0.25, 0.3) is 0 Å². The van der Waals surface area contributed by atoms with Crippen LogP contribution in [0.15, 0.2) is 0 Å². The maximum Gasteiger partial charge on any atom is 0.000413 e. The summed E-state index contributed by atoms with van der Waals surface area (Å²) < 4.78 is 0. The molecule has 0 spiro atoms. The van der Waals surface area contributed by atoms with Crippen molar-refractivity contribution in [1.82, 2.24) is 0 Å². The van der Waals surface area contributed by atoms with Crippen LogP contribution in [0, 0.1) is 11.3 Å². The first kappa shape index (κ1) is 9.40. The van der Waals surface area contributed by atoms with E-state index in [1.54, 1.807) is 0 Å². The van der Waals surface area contributed by atoms with Crippen LogP contribution < -0.4 is 5.73 Å². The molecular formula is C9H19NS. The van der Waals surface area contributed by atoms with Gasteiger partial charge in [-0.2, -0.15) is 11.8 Å². The fraction of sp³-hybridized carbons (Fsp3) is 1.00. The fourth-order valence-electron chi connectivity index (χ4n) is 1.81. The zero-order valence-electron chi connectivity index (χ0n) is 7.60. The summed E-state index contributed by atoms with van der Waals surface area (Å²) in [5.74, 6) is 3.42. The van der Waals surface area contributed by atoms with E-state index < -0.39 is 0 Å². The normalized spacial score (nSPS) is 34.1. The van der Waals surface area contributed by atoms with Gasteiger partial charge in [-0.05, 0) is 30.1 Å². The van der Waals surface area contributed by atoms with Crippen molar-refractivity contribution in [3.05, 3.63) is 0 Å². The van der Waals surface area contributed by atoms with Crippen molar-refractivity contribution in [1.29, 1.82) is 0 Å². The van der Waals surface area contributed by atoms with Gasteiger partial charge < -0.3 is 5.73 Å². The van der Waals surface area contributed by atoms with E-state index in [-0.39, 0.29) is 0 Å². The van der Waals surface area contributed by atoms with Crippen LogP contribution in [-0.2, 0) is 0 Å². The number of rotatable bonds is 3. The van der Waals surface area contributed by atoms with Crippen LogP contribution in [0.3, 0.4) is 0 Å². The van der Waals surface area contributed by atoms with Crippen LogP contribution in [0.25, 0.3) is 0 Å². The second kappa shape index (κ2) is 3.81. The predicted molar refractivity (Wildman–Crippen MR) is 52.9 cm³/mol. The Labute approximate surface area is 74.1 Å². The lowest BCUT2D eigenvalue weighted by atomic mass is 9.75. The summed E-state index contributed by atoms with van der Waals surface area (Å²) in [5, 5.41) is 0. The zero-order valence-corrected chi connectivity index (χ0v) is 8.41. The molecule has 0 bridgehead atoms. The molecule has 2 N–H and O–H groups in total. The molecule has 0 saturated carbocycles. The Morgan fingerprint density at radius 2 is 2.36 bits per heavy atom. The Morgan fingerprint density at radius 1 is 1.64 bits per heavy atom. The van der Waals surface area contributed by atoms with Gasteiger partial charge in [-0.3, -0.25) is 0 Å². The van der Waals surface area contributed by atoms with Gasteiger partial charge in [-0.15, -0.1) is 0 Å². The number of nitrogens with two attached hydrogens (primary N) is 1. The highest BCUT2D eigenvalue weighted by molar-refractivity contribution is 7.99. The molecule has 2 heteroatoms. The van der Waals surface area contributed by atoms with Crippen LogP contribution >= 0.6 is 11.8 Å². The third kappa shape index (κ3) is 1.73. The van der Waals surface area contributed by atoms with Crippen molar-refractivity contribution >= 4 is 11.8 Å². The smallest absolute Gasteiger partial charge is 0.000413 e. The fourth-order valence-corrected chi connectivity index (χ4v) is 3.46. The molecule has 1 aliphatic heterocycles. The van der Waals surface area contributed by atoms with E-state index in [1.165, 1.54) is 24.3 Å². The number of hydrogen-bond donors (Lipinski definition) is 1. The molecule has 0 amide bonds. The Morgan fingerprint density at radius 3 is 2.73 bits per heavy atom. The molecule has 2 unspecified atom stereocenters. The molecule has 11 heavy (non-hydrogen) atoms. The minimum atomic E-state index is 0.486. The Balaban J connectivity index is 2.58. The Hall–Kier alpha value is 0.310. The summed E-state index contributed by atoms with van der Waals surface area (Å²) in [6.45, 7) is 5.50. The second-order valence-electron chi connectivity index (χ2n) is 3.68. The lowest BCUT2D eigenvalue weighted by Gasteiger charge is -2.32. The SMILES string of the molecule is CCC(C)C1(CN)CCSC1. The van der Waals surface area contributed by atoms with E-state index in [9.17, 15) is 0 Å². The third-order valence-corrected chi connectivity index (χ3v) is 4.47. The Bertz CT molecular complexity index is 119. The van der Waals surface area contributed by atoms with Crippen molar-refractivity contribution in [2.45, 2.75) is 26.7 Å². The molecule has 1 fully saturated rings. The highest BCUT2D eigenvalue weighted by Crippen LogP contribution is 2.42. The quantitative estimate of drug-likeness (QED) is 0.707. The molecule has 0 radical (unpaired) electrons. The standard InChI is InChI=1S/C9H19NS/c1-3-8(2)9(6-10)4-5-11-7-9/h8H,3-7,10H2,1-2H3. The topological polar surface area (TPSA) is 26.0 Å². The van der Waals surface area contributed by atoms with Crippen LogP contribution in [0.2, 0.25) is 0 Å². The number of thioether (sulfide) groups is 1. The summed E-state index contributed by atoms with van der Waals surface area (Å²) in [6.07, 6.45) is 2.61. The second-order valence-corrected chi connectivity index (χ2v) is 4.78. The van der Waals surface area contributed by atoms with Gasteiger partial charge in [0.2, 0.25) is 0 Å². The molecule has 1 saturated heterocycles. The van der Waals surface area contributed by atoms with Crippen LogP contribution in [0.5, 0.6) is 0 Å². The highest BCUT2D eigenvalue weighted by atomic mass is 32.2. The molecule has 1 rings (SSSR count). The molecule has 0 aliphatic carbocycles. The van der Waals surface area contributed by atoms with Gasteiger partial charge in [0.1, 0.15) is 0 Å². The third-order valence-electron chi connectivity index (χ3n) is 3.20. The van der Waals surface area contributed by atoms with Crippen molar-refractivity contribution < 1.29 is 0 Å². The van der Waals surface area contributed by atoms with Gasteiger partial charge in [-0.25, -0.2) is 0 Å². The molecule has 1 nitrogen and oxygen atoms in total. The van der Waals surface area contributed by atoms with E-state index in [2.05, 4.69) is 25.6 Å². The van der Waals surface area contributed by atoms with Gasteiger partial charge in [-0.1, -0.05) is 20.3 Å². The lowest BCUT2D eigenvalue weighted by molar-refractivity contribution is 0.215. The summed E-state index contributed by atoms with van der Waals surface area (Å²) in [5.41, 5.74) is 6.32. The van der Waals surface area contributed by atoms with Gasteiger partial charge >= 0.3 is 0 Å². The monoisotopic (exact) mass is 173 g/mol. The zero-order chi connectivity index (χ0) is 8.32. The van der Waals surface area contributed by atoms with E-state index in [4.69, 9.17) is 5.73 Å². The maximum absolute atomic E-state index is 5.83. The van der Waals surface area contributed by atoms with E-state index in [0.29, 0.717) is 5.41 Å². The van der Waals surface area contributed by atoms with Gasteiger partial charge in [0.05, 0.1) is 0 Å². The van der Waals surface area contributed by atoms with Crippen LogP contribution in [-0.4, -0.2) is 18.1 Å². The first-order valence-corrected chi connectivity index (χ1v) is 5.68. The molecule has 0 aromatic carbocycles. The van der Waals surface area contributed by atoms with Crippen LogP contribution in [0.4, 0.5) is 0 Å². The van der Waals surface area contributed by atoms with E-state index >= 15 is 0 Å². The summed E-state index contributed by atoms with van der Waals surface area (Å²) in [7, 11) is 0. The minimum Gasteiger partial charge on any atom is -0.330 e. The molecule has 1 aliphatic rings. The minimum absolute atomic E-state index is 0.486. The van der Waals surface area contributed by atoms with E-state index in [1.807, 2.05) is 0 Å². The molecule has 0 aromatic rings. The lowest BCUT2D eigenvalue weighted by Crippen LogP contribution is -2.36. The van der Waals surface area contributed by atoms with Crippen molar-refractivity contribution in [2.24, 2.45) is 17.1 Å². The van der Waals surface area contributed by atoms with Crippen molar-refractivity contribution in [2.75, 3.05) is 18.1 Å². The highest BCUT2D eigenvalue weighted by Gasteiger charge is 2.37. The average molecular weight is 173 g/mol. The van der Waals surface area contributed by atoms with Crippen molar-refractivity contribution in [3.63, 3.8) is 0 Å². The first-order valence-electron chi connectivity index (χ1n) is 4.53. The molecule has 1 heterocycles.